The van der Waals surface area contributed by atoms with E-state index in [0.29, 0.717) is 0 Å². The summed E-state index contributed by atoms with van der Waals surface area (Å²) < 4.78 is 0. The van der Waals surface area contributed by atoms with Crippen molar-refractivity contribution in [2.45, 2.75) is 0 Å². The lowest BCUT2D eigenvalue weighted by molar-refractivity contribution is 0.475. The van der Waals surface area contributed by atoms with Crippen LogP contribution >= 0.6 is 12.2 Å². The number of hydrazone groups is 2. The van der Waals surface area contributed by atoms with E-state index in [1.807, 2.05) is 0 Å². The Morgan fingerprint density at radius 2 is 1.14 bits per heavy atom. The highest BCUT2D eigenvalue weighted by Crippen LogP contribution is 2.08. The second-order valence-corrected chi connectivity index (χ2v) is 4.66. The van der Waals surface area contributed by atoms with Crippen LogP contribution in [0.4, 0.5) is 0 Å². The van der Waals surface area contributed by atoms with Crippen LogP contribution in [0, 0.1) is 0 Å². The fourth-order valence-electron chi connectivity index (χ4n) is 1.48. The van der Waals surface area contributed by atoms with Crippen molar-refractivity contribution in [3.05, 3.63) is 59.7 Å². The number of thiocarbonyl (C=S) groups is 1. The number of hydrogen-bond donors (Lipinski definition) is 4. The fraction of sp³-hybridized carbons (Fsp3) is 0. The molecule has 0 fully saturated rings. The van der Waals surface area contributed by atoms with Gasteiger partial charge in [0.1, 0.15) is 11.5 Å². The number of benzene rings is 2. The molecule has 4 N–H and O–H groups in total. The number of phenolic OH excluding ortho intramolecular Hbond substituents is 2. The molecular weight excluding hydrogens is 300 g/mol. The highest BCUT2D eigenvalue weighted by atomic mass is 32.1. The van der Waals surface area contributed by atoms with Crippen LogP contribution in [0.5, 0.6) is 11.5 Å². The van der Waals surface area contributed by atoms with Crippen molar-refractivity contribution < 1.29 is 10.2 Å². The highest BCUT2D eigenvalue weighted by molar-refractivity contribution is 7.80. The Kier molecular flexibility index (Phi) is 5.44. The highest BCUT2D eigenvalue weighted by Gasteiger charge is 1.92. The molecule has 0 heterocycles. The standard InChI is InChI=1S/C15H14N4O2S/c20-13-5-1-11(2-6-13)9-16-18-15(22)19-17-10-12-3-7-14(21)8-4-12/h1-10,20-21H,(H2,18,19,22)/b16-9-,17-10+. The Balaban J connectivity index is 1.78. The van der Waals surface area contributed by atoms with Gasteiger partial charge in [0.25, 0.3) is 0 Å². The van der Waals surface area contributed by atoms with Crippen LogP contribution in [-0.2, 0) is 0 Å². The van der Waals surface area contributed by atoms with E-state index in [4.69, 9.17) is 22.4 Å². The van der Waals surface area contributed by atoms with Gasteiger partial charge in [-0.15, -0.1) is 0 Å². The number of rotatable bonds is 4. The van der Waals surface area contributed by atoms with Crippen LogP contribution in [0.1, 0.15) is 11.1 Å². The zero-order valence-electron chi connectivity index (χ0n) is 11.5. The Labute approximate surface area is 132 Å². The van der Waals surface area contributed by atoms with Gasteiger partial charge in [0.2, 0.25) is 5.11 Å². The van der Waals surface area contributed by atoms with Gasteiger partial charge in [-0.3, -0.25) is 10.9 Å². The van der Waals surface area contributed by atoms with Gasteiger partial charge in [-0.2, -0.15) is 10.2 Å². The van der Waals surface area contributed by atoms with Gasteiger partial charge in [0.05, 0.1) is 12.4 Å². The predicted octanol–water partition coefficient (Wildman–Crippen LogP) is 1.93. The molecule has 0 atom stereocenters. The first-order valence-corrected chi connectivity index (χ1v) is 6.74. The van der Waals surface area contributed by atoms with Crippen LogP contribution in [0.15, 0.2) is 58.7 Å². The van der Waals surface area contributed by atoms with Gasteiger partial charge in [-0.1, -0.05) is 0 Å². The zero-order valence-corrected chi connectivity index (χ0v) is 12.3. The van der Waals surface area contributed by atoms with Crippen molar-refractivity contribution in [1.82, 2.24) is 10.9 Å². The minimum Gasteiger partial charge on any atom is -0.508 e. The maximum Gasteiger partial charge on any atom is 0.207 e. The van der Waals surface area contributed by atoms with E-state index in [1.54, 1.807) is 61.0 Å². The van der Waals surface area contributed by atoms with Crippen molar-refractivity contribution in [2.24, 2.45) is 10.2 Å². The number of aromatic hydroxyl groups is 2. The molecule has 0 bridgehead atoms. The third-order valence-electron chi connectivity index (χ3n) is 2.55. The van der Waals surface area contributed by atoms with Gasteiger partial charge in [-0.25, -0.2) is 0 Å². The Morgan fingerprint density at radius 3 is 1.50 bits per heavy atom. The summed E-state index contributed by atoms with van der Waals surface area (Å²) in [6.07, 6.45) is 3.13. The molecule has 0 saturated heterocycles. The lowest BCUT2D eigenvalue weighted by Gasteiger charge is -2.01. The molecule has 0 aliphatic rings. The van der Waals surface area contributed by atoms with E-state index < -0.39 is 0 Å². The number of hydrogen-bond acceptors (Lipinski definition) is 5. The molecule has 0 aliphatic carbocycles. The van der Waals surface area contributed by atoms with E-state index in [1.165, 1.54) is 0 Å². The first kappa shape index (κ1) is 15.5. The number of phenols is 2. The summed E-state index contributed by atoms with van der Waals surface area (Å²) in [6.45, 7) is 0. The molecule has 0 radical (unpaired) electrons. The third kappa shape index (κ3) is 5.22. The average Bonchev–Trinajstić information content (AvgIpc) is 2.51. The largest absolute Gasteiger partial charge is 0.508 e. The normalized spacial score (nSPS) is 10.9. The monoisotopic (exact) mass is 314 g/mol. The van der Waals surface area contributed by atoms with Crippen LogP contribution in [0.3, 0.4) is 0 Å². The van der Waals surface area contributed by atoms with Crippen molar-refractivity contribution >= 4 is 29.8 Å². The molecule has 0 spiro atoms. The van der Waals surface area contributed by atoms with Gasteiger partial charge in [0.15, 0.2) is 0 Å². The molecule has 0 aromatic heterocycles. The second kappa shape index (κ2) is 7.75. The average molecular weight is 314 g/mol. The molecule has 0 aliphatic heterocycles. The molecule has 2 aromatic rings. The summed E-state index contributed by atoms with van der Waals surface area (Å²) in [5.41, 5.74) is 6.87. The van der Waals surface area contributed by atoms with E-state index in [2.05, 4.69) is 21.1 Å². The van der Waals surface area contributed by atoms with Gasteiger partial charge < -0.3 is 10.2 Å². The van der Waals surface area contributed by atoms with Gasteiger partial charge >= 0.3 is 0 Å². The number of nitrogens with one attached hydrogen (secondary N) is 2. The molecule has 0 unspecified atom stereocenters. The summed E-state index contributed by atoms with van der Waals surface area (Å²) in [6, 6.07) is 13.2. The summed E-state index contributed by atoms with van der Waals surface area (Å²) >= 11 is 5.00. The smallest absolute Gasteiger partial charge is 0.207 e. The van der Waals surface area contributed by atoms with Crippen molar-refractivity contribution in [1.29, 1.82) is 0 Å². The molecule has 6 nitrogen and oxygen atoms in total. The van der Waals surface area contributed by atoms with E-state index in [0.717, 1.165) is 11.1 Å². The number of nitrogens with zero attached hydrogens (tertiary/aromatic N) is 2. The first-order chi connectivity index (χ1) is 10.6. The molecule has 22 heavy (non-hydrogen) atoms. The van der Waals surface area contributed by atoms with Crippen LogP contribution in [-0.4, -0.2) is 27.8 Å². The van der Waals surface area contributed by atoms with Crippen molar-refractivity contribution in [3.63, 3.8) is 0 Å². The topological polar surface area (TPSA) is 89.2 Å². The lowest BCUT2D eigenvalue weighted by atomic mass is 10.2. The van der Waals surface area contributed by atoms with E-state index in [9.17, 15) is 0 Å². The second-order valence-electron chi connectivity index (χ2n) is 4.25. The first-order valence-electron chi connectivity index (χ1n) is 6.34. The fourth-order valence-corrected chi connectivity index (χ4v) is 1.58. The summed E-state index contributed by atoms with van der Waals surface area (Å²) in [4.78, 5) is 0. The minimum absolute atomic E-state index is 0.200. The van der Waals surface area contributed by atoms with Crippen molar-refractivity contribution in [2.75, 3.05) is 0 Å². The molecule has 2 aromatic carbocycles. The van der Waals surface area contributed by atoms with E-state index in [-0.39, 0.29) is 16.6 Å². The van der Waals surface area contributed by atoms with Gasteiger partial charge in [-0.05, 0) is 71.9 Å². The summed E-state index contributed by atoms with van der Waals surface area (Å²) in [5.74, 6) is 0.400. The van der Waals surface area contributed by atoms with Crippen LogP contribution in [0.2, 0.25) is 0 Å². The zero-order chi connectivity index (χ0) is 15.8. The molecule has 0 amide bonds. The van der Waals surface area contributed by atoms with E-state index >= 15 is 0 Å². The molecule has 7 heteroatoms. The minimum atomic E-state index is 0.200. The maximum absolute atomic E-state index is 9.16. The molecule has 112 valence electrons. The SMILES string of the molecule is Oc1ccc(/C=N\NC(=S)N/N=C/c2ccc(O)cc2)cc1. The van der Waals surface area contributed by atoms with Crippen LogP contribution < -0.4 is 10.9 Å². The molecule has 2 rings (SSSR count). The Morgan fingerprint density at radius 1 is 0.773 bits per heavy atom. The van der Waals surface area contributed by atoms with Crippen molar-refractivity contribution in [3.8, 4) is 11.5 Å². The maximum atomic E-state index is 9.16. The third-order valence-corrected chi connectivity index (χ3v) is 2.73. The summed E-state index contributed by atoms with van der Waals surface area (Å²) in [7, 11) is 0. The Hall–Kier alpha value is -2.93. The Bertz CT molecular complexity index is 622. The quantitative estimate of drug-likeness (QED) is 0.393. The van der Waals surface area contributed by atoms with Crippen LogP contribution in [0.25, 0.3) is 0 Å². The molecule has 0 saturated carbocycles. The van der Waals surface area contributed by atoms with Gasteiger partial charge in [0, 0.05) is 0 Å². The molecular formula is C15H14N4O2S. The predicted molar refractivity (Wildman–Crippen MR) is 90.3 cm³/mol. The lowest BCUT2D eigenvalue weighted by Crippen LogP contribution is -2.28. The summed E-state index contributed by atoms with van der Waals surface area (Å²) in [5, 5.41) is 26.4.